The molecule has 0 radical (unpaired) electrons. The second-order valence-electron chi connectivity index (χ2n) is 6.28. The highest BCUT2D eigenvalue weighted by Crippen LogP contribution is 2.31. The number of hydrogen-bond acceptors (Lipinski definition) is 4. The Bertz CT molecular complexity index is 786. The van der Waals surface area contributed by atoms with Crippen LogP contribution in [0.2, 0.25) is 0 Å². The number of rotatable bonds is 4. The molecule has 0 saturated carbocycles. The van der Waals surface area contributed by atoms with Crippen LogP contribution in [-0.2, 0) is 27.9 Å². The molecule has 25 heavy (non-hydrogen) atoms. The summed E-state index contributed by atoms with van der Waals surface area (Å²) in [4.78, 5) is 26.4. The van der Waals surface area contributed by atoms with Crippen LogP contribution < -0.4 is 5.32 Å². The van der Waals surface area contributed by atoms with Gasteiger partial charge in [0, 0.05) is 32.4 Å². The van der Waals surface area contributed by atoms with E-state index in [2.05, 4.69) is 10.4 Å². The number of morpholine rings is 1. The number of likely N-dealkylation sites (N-methyl/N-ethyl adjacent to an activating group) is 1. The summed E-state index contributed by atoms with van der Waals surface area (Å²) in [6.07, 6.45) is 2.80. The molecule has 7 nitrogen and oxygen atoms in total. The minimum Gasteiger partial charge on any atom is -0.356 e. The summed E-state index contributed by atoms with van der Waals surface area (Å²) >= 11 is 0. The number of ether oxygens (including phenoxy) is 1. The molecule has 1 saturated heterocycles. The molecule has 1 aromatic carbocycles. The minimum absolute atomic E-state index is 0.0934. The van der Waals surface area contributed by atoms with Crippen LogP contribution in [0.5, 0.6) is 0 Å². The van der Waals surface area contributed by atoms with Crippen LogP contribution in [0.15, 0.2) is 36.7 Å². The zero-order valence-electron chi connectivity index (χ0n) is 14.6. The molecule has 1 N–H and O–H groups in total. The Hall–Kier alpha value is -2.67. The quantitative estimate of drug-likeness (QED) is 0.897. The fourth-order valence-corrected chi connectivity index (χ4v) is 3.07. The van der Waals surface area contributed by atoms with Gasteiger partial charge in [-0.3, -0.25) is 14.3 Å². The molecule has 0 unspecified atom stereocenters. The van der Waals surface area contributed by atoms with Crippen LogP contribution in [0.25, 0.3) is 0 Å². The minimum atomic E-state index is -0.750. The van der Waals surface area contributed by atoms with Crippen LogP contribution in [0.4, 0.5) is 0 Å². The smallest absolute Gasteiger partial charge is 0.251 e. The third-order valence-electron chi connectivity index (χ3n) is 4.47. The molecule has 2 atom stereocenters. The maximum Gasteiger partial charge on any atom is 0.251 e. The van der Waals surface area contributed by atoms with Gasteiger partial charge in [0.25, 0.3) is 5.91 Å². The van der Waals surface area contributed by atoms with Crippen molar-refractivity contribution in [2.45, 2.75) is 25.6 Å². The first kappa shape index (κ1) is 17.2. The number of benzene rings is 1. The van der Waals surface area contributed by atoms with E-state index in [4.69, 9.17) is 4.74 Å². The zero-order valence-corrected chi connectivity index (χ0v) is 14.6. The first-order valence-electron chi connectivity index (χ1n) is 8.15. The number of carbonyl (C=O) groups excluding carboxylic acids is 2. The van der Waals surface area contributed by atoms with Crippen molar-refractivity contribution in [3.63, 3.8) is 0 Å². The number of aryl methyl sites for hydroxylation is 2. The monoisotopic (exact) mass is 342 g/mol. The number of amides is 2. The van der Waals surface area contributed by atoms with E-state index in [1.807, 2.05) is 44.4 Å². The highest BCUT2D eigenvalue weighted by Gasteiger charge is 2.40. The third-order valence-corrected chi connectivity index (χ3v) is 4.47. The number of carbonyl (C=O) groups is 2. The van der Waals surface area contributed by atoms with Gasteiger partial charge in [-0.1, -0.05) is 24.3 Å². The Morgan fingerprint density at radius 1 is 1.36 bits per heavy atom. The van der Waals surface area contributed by atoms with E-state index >= 15 is 0 Å². The standard InChI is InChI=1S/C18H22N4O3/c1-12-6-4-5-7-14(12)16-17(25-11-15(23)22(16)3)18(24)19-8-13-9-20-21(2)10-13/h4-7,9-10,16-17H,8,11H2,1-3H3,(H,19,24)/t16-,17+/m1/s1. The summed E-state index contributed by atoms with van der Waals surface area (Å²) in [7, 11) is 3.54. The van der Waals surface area contributed by atoms with Gasteiger partial charge < -0.3 is 15.0 Å². The molecule has 1 fully saturated rings. The highest BCUT2D eigenvalue weighted by molar-refractivity contribution is 5.86. The van der Waals surface area contributed by atoms with E-state index in [0.717, 1.165) is 16.7 Å². The zero-order chi connectivity index (χ0) is 18.0. The van der Waals surface area contributed by atoms with E-state index in [0.29, 0.717) is 6.54 Å². The molecule has 0 aliphatic carbocycles. The Labute approximate surface area is 146 Å². The van der Waals surface area contributed by atoms with E-state index in [1.54, 1.807) is 22.8 Å². The van der Waals surface area contributed by atoms with E-state index < -0.39 is 12.1 Å². The molecule has 2 amide bonds. The molecular formula is C18H22N4O3. The predicted octanol–water partition coefficient (Wildman–Crippen LogP) is 0.943. The Balaban J connectivity index is 1.80. The lowest BCUT2D eigenvalue weighted by Crippen LogP contribution is -2.53. The van der Waals surface area contributed by atoms with Gasteiger partial charge in [0.05, 0.1) is 12.2 Å². The van der Waals surface area contributed by atoms with Crippen LogP contribution in [0.1, 0.15) is 22.7 Å². The first-order valence-corrected chi connectivity index (χ1v) is 8.15. The molecule has 2 aromatic rings. The SMILES string of the molecule is Cc1ccccc1[C@@H]1[C@@H](C(=O)NCc2cnn(C)c2)OCC(=O)N1C. The van der Waals surface area contributed by atoms with Crippen molar-refractivity contribution in [2.75, 3.05) is 13.7 Å². The Morgan fingerprint density at radius 2 is 2.12 bits per heavy atom. The lowest BCUT2D eigenvalue weighted by Gasteiger charge is -2.38. The van der Waals surface area contributed by atoms with Gasteiger partial charge in [0.15, 0.2) is 6.10 Å². The topological polar surface area (TPSA) is 76.5 Å². The van der Waals surface area contributed by atoms with Crippen molar-refractivity contribution >= 4 is 11.8 Å². The van der Waals surface area contributed by atoms with Gasteiger partial charge in [0.1, 0.15) is 6.61 Å². The van der Waals surface area contributed by atoms with Crippen LogP contribution in [0, 0.1) is 6.92 Å². The summed E-state index contributed by atoms with van der Waals surface area (Å²) in [5, 5.41) is 6.97. The Morgan fingerprint density at radius 3 is 2.80 bits per heavy atom. The third kappa shape index (κ3) is 3.56. The van der Waals surface area contributed by atoms with Crippen LogP contribution in [-0.4, -0.2) is 46.3 Å². The number of hydrogen-bond donors (Lipinski definition) is 1. The molecule has 2 heterocycles. The van der Waals surface area contributed by atoms with E-state index in [1.165, 1.54) is 0 Å². The second-order valence-corrected chi connectivity index (χ2v) is 6.28. The first-order chi connectivity index (χ1) is 12.0. The molecule has 7 heteroatoms. The number of nitrogens with zero attached hydrogens (tertiary/aromatic N) is 3. The summed E-state index contributed by atoms with van der Waals surface area (Å²) in [6.45, 7) is 2.24. The molecule has 1 aromatic heterocycles. The van der Waals surface area contributed by atoms with Crippen molar-refractivity contribution in [3.05, 3.63) is 53.3 Å². The molecule has 1 aliphatic heterocycles. The number of aromatic nitrogens is 2. The van der Waals surface area contributed by atoms with Crippen molar-refractivity contribution in [2.24, 2.45) is 7.05 Å². The molecule has 3 rings (SSSR count). The maximum absolute atomic E-state index is 12.7. The van der Waals surface area contributed by atoms with Gasteiger partial charge in [0.2, 0.25) is 5.91 Å². The fraction of sp³-hybridized carbons (Fsp3) is 0.389. The summed E-state index contributed by atoms with van der Waals surface area (Å²) in [6, 6.07) is 7.28. The van der Waals surface area contributed by atoms with Crippen molar-refractivity contribution in [1.82, 2.24) is 20.0 Å². The normalized spacial score (nSPS) is 20.6. The van der Waals surface area contributed by atoms with Crippen molar-refractivity contribution in [1.29, 1.82) is 0 Å². The van der Waals surface area contributed by atoms with Gasteiger partial charge in [-0.25, -0.2) is 0 Å². The summed E-state index contributed by atoms with van der Waals surface area (Å²) < 4.78 is 7.30. The van der Waals surface area contributed by atoms with E-state index in [9.17, 15) is 9.59 Å². The largest absolute Gasteiger partial charge is 0.356 e. The predicted molar refractivity (Wildman–Crippen MR) is 91.5 cm³/mol. The second kappa shape index (κ2) is 7.06. The lowest BCUT2D eigenvalue weighted by molar-refractivity contribution is -0.162. The average molecular weight is 342 g/mol. The van der Waals surface area contributed by atoms with Gasteiger partial charge >= 0.3 is 0 Å². The van der Waals surface area contributed by atoms with Crippen LogP contribution in [0.3, 0.4) is 0 Å². The van der Waals surface area contributed by atoms with Crippen molar-refractivity contribution in [3.8, 4) is 0 Å². The molecule has 0 spiro atoms. The Kier molecular flexibility index (Phi) is 4.85. The highest BCUT2D eigenvalue weighted by atomic mass is 16.5. The molecule has 1 aliphatic rings. The summed E-state index contributed by atoms with van der Waals surface area (Å²) in [5.74, 6) is -0.374. The fourth-order valence-electron chi connectivity index (χ4n) is 3.07. The van der Waals surface area contributed by atoms with Gasteiger partial charge in [-0.05, 0) is 18.1 Å². The van der Waals surface area contributed by atoms with Crippen LogP contribution >= 0.6 is 0 Å². The summed E-state index contributed by atoms with van der Waals surface area (Å²) in [5.41, 5.74) is 2.84. The molecule has 132 valence electrons. The van der Waals surface area contributed by atoms with Gasteiger partial charge in [-0.2, -0.15) is 5.10 Å². The number of nitrogens with one attached hydrogen (secondary N) is 1. The van der Waals surface area contributed by atoms with Crippen molar-refractivity contribution < 1.29 is 14.3 Å². The van der Waals surface area contributed by atoms with E-state index in [-0.39, 0.29) is 18.4 Å². The van der Waals surface area contributed by atoms with Gasteiger partial charge in [-0.15, -0.1) is 0 Å². The molecular weight excluding hydrogens is 320 g/mol. The molecule has 0 bridgehead atoms. The maximum atomic E-state index is 12.7. The average Bonchev–Trinajstić information content (AvgIpc) is 3.01. The lowest BCUT2D eigenvalue weighted by atomic mass is 9.94.